The highest BCUT2D eigenvalue weighted by molar-refractivity contribution is 5.85. The van der Waals surface area contributed by atoms with Gasteiger partial charge in [0.05, 0.1) is 0 Å². The Morgan fingerprint density at radius 3 is 2.23 bits per heavy atom. The maximum atomic E-state index is 10.5. The number of hydrogen-bond donors (Lipinski definition) is 2. The number of rotatable bonds is 5. The largest absolute Gasteiger partial charge is 0.465 e. The van der Waals surface area contributed by atoms with Crippen LogP contribution >= 0.6 is 12.4 Å². The van der Waals surface area contributed by atoms with Crippen molar-refractivity contribution in [3.8, 4) is 0 Å². The lowest BCUT2D eigenvalue weighted by atomic mass is 10.3. The minimum atomic E-state index is -1.03. The summed E-state index contributed by atoms with van der Waals surface area (Å²) in [6.07, 6.45) is -0.770. The van der Waals surface area contributed by atoms with Gasteiger partial charge in [-0.3, -0.25) is 4.79 Å². The molecule has 0 aromatic carbocycles. The molecule has 0 heterocycles. The minimum absolute atomic E-state index is 0. The van der Waals surface area contributed by atoms with Crippen molar-refractivity contribution in [3.05, 3.63) is 0 Å². The molecule has 0 aromatic rings. The average Bonchev–Trinajstić information content (AvgIpc) is 1.96. The molecule has 0 spiro atoms. The van der Waals surface area contributed by atoms with E-state index in [0.29, 0.717) is 0 Å². The summed E-state index contributed by atoms with van der Waals surface area (Å²) in [5.74, 6) is -0.0155. The summed E-state index contributed by atoms with van der Waals surface area (Å²) in [5, 5.41) is 8.58. The predicted molar refractivity (Wildman–Crippen MR) is 51.2 cm³/mol. The van der Waals surface area contributed by atoms with Crippen molar-refractivity contribution in [1.29, 1.82) is 0 Å². The molecule has 13 heavy (non-hydrogen) atoms. The number of nitrogens with zero attached hydrogens (tertiary/aromatic N) is 1. The van der Waals surface area contributed by atoms with Gasteiger partial charge in [0.2, 0.25) is 0 Å². The molecule has 0 atom stereocenters. The van der Waals surface area contributed by atoms with Crippen molar-refractivity contribution in [3.63, 3.8) is 0 Å². The Morgan fingerprint density at radius 2 is 1.92 bits per heavy atom. The lowest BCUT2D eigenvalue weighted by Crippen LogP contribution is -2.35. The van der Waals surface area contributed by atoms with Crippen LogP contribution in [0.25, 0.3) is 0 Å². The Balaban J connectivity index is 0. The van der Waals surface area contributed by atoms with Crippen molar-refractivity contribution in [2.24, 2.45) is 5.73 Å². The molecule has 0 rings (SSSR count). The summed E-state index contributed by atoms with van der Waals surface area (Å²) < 4.78 is 0. The van der Waals surface area contributed by atoms with E-state index >= 15 is 0 Å². The molecule has 1 amide bonds. The Kier molecular flexibility index (Phi) is 8.84. The second-order valence-corrected chi connectivity index (χ2v) is 2.51. The van der Waals surface area contributed by atoms with Crippen molar-refractivity contribution in [1.82, 2.24) is 4.90 Å². The van der Waals surface area contributed by atoms with Gasteiger partial charge in [-0.15, -0.1) is 12.4 Å². The van der Waals surface area contributed by atoms with E-state index < -0.39 is 6.09 Å². The monoisotopic (exact) mass is 210 g/mol. The molecular formula is C7H15ClN2O3. The van der Waals surface area contributed by atoms with Crippen LogP contribution in [-0.4, -0.2) is 41.5 Å². The van der Waals surface area contributed by atoms with Crippen molar-refractivity contribution < 1.29 is 14.7 Å². The molecule has 0 aliphatic rings. The summed E-state index contributed by atoms with van der Waals surface area (Å²) in [4.78, 5) is 22.1. The van der Waals surface area contributed by atoms with Gasteiger partial charge in [0.1, 0.15) is 5.78 Å². The van der Waals surface area contributed by atoms with Crippen LogP contribution in [0, 0.1) is 0 Å². The number of carbonyl (C=O) groups excluding carboxylic acids is 1. The summed E-state index contributed by atoms with van der Waals surface area (Å²) in [5.41, 5.74) is 5.18. The fourth-order valence-corrected chi connectivity index (χ4v) is 0.751. The second kappa shape index (κ2) is 7.82. The summed E-state index contributed by atoms with van der Waals surface area (Å²) in [7, 11) is 0. The van der Waals surface area contributed by atoms with E-state index in [4.69, 9.17) is 10.8 Å². The molecule has 6 heteroatoms. The van der Waals surface area contributed by atoms with E-state index in [0.717, 1.165) is 4.90 Å². The van der Waals surface area contributed by atoms with Gasteiger partial charge >= 0.3 is 6.09 Å². The molecule has 0 bridgehead atoms. The lowest BCUT2D eigenvalue weighted by Gasteiger charge is -2.16. The zero-order valence-corrected chi connectivity index (χ0v) is 8.34. The summed E-state index contributed by atoms with van der Waals surface area (Å²) >= 11 is 0. The van der Waals surface area contributed by atoms with Crippen LogP contribution < -0.4 is 5.73 Å². The van der Waals surface area contributed by atoms with Crippen molar-refractivity contribution >= 4 is 24.3 Å². The van der Waals surface area contributed by atoms with Gasteiger partial charge in [0.25, 0.3) is 0 Å². The van der Waals surface area contributed by atoms with Crippen LogP contribution in [0.4, 0.5) is 4.79 Å². The highest BCUT2D eigenvalue weighted by Gasteiger charge is 2.10. The topological polar surface area (TPSA) is 83.6 Å². The first-order valence-corrected chi connectivity index (χ1v) is 3.75. The first-order chi connectivity index (χ1) is 5.57. The average molecular weight is 211 g/mol. The number of carbonyl (C=O) groups is 2. The van der Waals surface area contributed by atoms with Gasteiger partial charge in [0.15, 0.2) is 0 Å². The molecule has 0 unspecified atom stereocenters. The van der Waals surface area contributed by atoms with Gasteiger partial charge in [-0.1, -0.05) is 0 Å². The SMILES string of the molecule is CC(=O)CCN(CCN)C(=O)O.Cl. The molecule has 0 saturated carbocycles. The minimum Gasteiger partial charge on any atom is -0.465 e. The third-order valence-corrected chi connectivity index (χ3v) is 1.40. The van der Waals surface area contributed by atoms with Crippen LogP contribution in [0.15, 0.2) is 0 Å². The third-order valence-electron chi connectivity index (χ3n) is 1.40. The first kappa shape index (κ1) is 14.7. The fourth-order valence-electron chi connectivity index (χ4n) is 0.751. The predicted octanol–water partition coefficient (Wildman–Crippen LogP) is 0.326. The quantitative estimate of drug-likeness (QED) is 0.685. The molecule has 0 radical (unpaired) electrons. The lowest BCUT2D eigenvalue weighted by molar-refractivity contribution is -0.117. The number of carboxylic acid groups (broad SMARTS) is 1. The smallest absolute Gasteiger partial charge is 0.407 e. The van der Waals surface area contributed by atoms with E-state index in [1.165, 1.54) is 6.92 Å². The van der Waals surface area contributed by atoms with Crippen LogP contribution in [0.1, 0.15) is 13.3 Å². The Hall–Kier alpha value is -0.810. The Morgan fingerprint density at radius 1 is 1.38 bits per heavy atom. The maximum absolute atomic E-state index is 10.5. The number of ketones is 1. The maximum Gasteiger partial charge on any atom is 0.407 e. The fraction of sp³-hybridized carbons (Fsp3) is 0.714. The zero-order chi connectivity index (χ0) is 9.56. The van der Waals surface area contributed by atoms with Crippen LogP contribution in [0.3, 0.4) is 0 Å². The Labute approximate surface area is 83.3 Å². The normalized spacial score (nSPS) is 8.77. The molecule has 78 valence electrons. The molecule has 3 N–H and O–H groups in total. The highest BCUT2D eigenvalue weighted by atomic mass is 35.5. The molecule has 0 aliphatic heterocycles. The number of hydrogen-bond acceptors (Lipinski definition) is 3. The molecular weight excluding hydrogens is 196 g/mol. The number of Topliss-reactive ketones (excluding diaryl/α,β-unsaturated/α-hetero) is 1. The second-order valence-electron chi connectivity index (χ2n) is 2.51. The van der Waals surface area contributed by atoms with Gasteiger partial charge in [-0.05, 0) is 6.92 Å². The molecule has 0 saturated heterocycles. The van der Waals surface area contributed by atoms with Gasteiger partial charge in [-0.2, -0.15) is 0 Å². The zero-order valence-electron chi connectivity index (χ0n) is 7.52. The Bertz CT molecular complexity index is 175. The molecule has 0 aromatic heterocycles. The standard InChI is InChI=1S/C7H14N2O3.ClH/c1-6(10)2-4-9(5-3-8)7(11)12;/h2-5,8H2,1H3,(H,11,12);1H. The number of halogens is 1. The van der Waals surface area contributed by atoms with Gasteiger partial charge in [0, 0.05) is 26.1 Å². The van der Waals surface area contributed by atoms with Crippen LogP contribution in [0.5, 0.6) is 0 Å². The summed E-state index contributed by atoms with van der Waals surface area (Å²) in [6, 6.07) is 0. The molecule has 0 aliphatic carbocycles. The van der Waals surface area contributed by atoms with Crippen molar-refractivity contribution in [2.75, 3.05) is 19.6 Å². The van der Waals surface area contributed by atoms with E-state index in [9.17, 15) is 9.59 Å². The van der Waals surface area contributed by atoms with Gasteiger partial charge < -0.3 is 15.7 Å². The van der Waals surface area contributed by atoms with E-state index in [2.05, 4.69) is 0 Å². The molecule has 5 nitrogen and oxygen atoms in total. The van der Waals surface area contributed by atoms with E-state index in [1.807, 2.05) is 0 Å². The molecule has 0 fully saturated rings. The first-order valence-electron chi connectivity index (χ1n) is 3.75. The van der Waals surface area contributed by atoms with E-state index in [1.54, 1.807) is 0 Å². The third kappa shape index (κ3) is 7.55. The van der Waals surface area contributed by atoms with Crippen molar-refractivity contribution in [2.45, 2.75) is 13.3 Å². The van der Waals surface area contributed by atoms with Gasteiger partial charge in [-0.25, -0.2) is 4.79 Å². The van der Waals surface area contributed by atoms with Crippen LogP contribution in [0.2, 0.25) is 0 Å². The number of amides is 1. The summed E-state index contributed by atoms with van der Waals surface area (Å²) in [6.45, 7) is 2.23. The van der Waals surface area contributed by atoms with Crippen LogP contribution in [-0.2, 0) is 4.79 Å². The number of nitrogens with two attached hydrogens (primary N) is 1. The van der Waals surface area contributed by atoms with E-state index in [-0.39, 0.29) is 44.2 Å². The highest BCUT2D eigenvalue weighted by Crippen LogP contribution is 1.92.